The molecule has 2 aromatic rings. The molecule has 0 saturated carbocycles. The number of amides is 1. The highest BCUT2D eigenvalue weighted by Crippen LogP contribution is 2.33. The molecule has 0 saturated heterocycles. The molecule has 1 amide bonds. The molecule has 0 fully saturated rings. The number of alkyl halides is 3. The van der Waals surface area contributed by atoms with Gasteiger partial charge in [-0.05, 0) is 37.3 Å². The summed E-state index contributed by atoms with van der Waals surface area (Å²) >= 11 is 0. The number of nitrogens with one attached hydrogen (secondary N) is 2. The molecule has 2 aromatic carbocycles. The van der Waals surface area contributed by atoms with Crippen LogP contribution in [-0.2, 0) is 21.0 Å². The summed E-state index contributed by atoms with van der Waals surface area (Å²) in [5.74, 6) is -1.78. The second-order valence-electron chi connectivity index (χ2n) is 5.51. The molecular formula is C17H16F4N2O4S. The lowest BCUT2D eigenvalue weighted by Gasteiger charge is -2.13. The first-order chi connectivity index (χ1) is 13.0. The third-order valence-electron chi connectivity index (χ3n) is 3.38. The van der Waals surface area contributed by atoms with E-state index in [0.29, 0.717) is 12.6 Å². The van der Waals surface area contributed by atoms with Gasteiger partial charge in [-0.2, -0.15) is 13.2 Å². The van der Waals surface area contributed by atoms with Gasteiger partial charge in [0.15, 0.2) is 6.61 Å². The van der Waals surface area contributed by atoms with Gasteiger partial charge in [-0.25, -0.2) is 12.8 Å². The van der Waals surface area contributed by atoms with Gasteiger partial charge in [0.05, 0.1) is 16.1 Å². The van der Waals surface area contributed by atoms with E-state index in [1.54, 1.807) is 6.92 Å². The molecule has 28 heavy (non-hydrogen) atoms. The van der Waals surface area contributed by atoms with Crippen molar-refractivity contribution in [1.29, 1.82) is 0 Å². The number of ether oxygens (including phenoxy) is 1. The van der Waals surface area contributed by atoms with Crippen LogP contribution in [0, 0.1) is 5.82 Å². The molecule has 2 N–H and O–H groups in total. The molecule has 0 aliphatic rings. The molecule has 6 nitrogen and oxygen atoms in total. The van der Waals surface area contributed by atoms with E-state index in [1.807, 2.05) is 0 Å². The second-order valence-corrected chi connectivity index (χ2v) is 7.20. The van der Waals surface area contributed by atoms with Crippen molar-refractivity contribution in [1.82, 2.24) is 5.32 Å². The fraction of sp³-hybridized carbons (Fsp3) is 0.235. The van der Waals surface area contributed by atoms with Crippen LogP contribution in [0.25, 0.3) is 0 Å². The Morgan fingerprint density at radius 1 is 1.14 bits per heavy atom. The van der Waals surface area contributed by atoms with E-state index in [1.165, 1.54) is 24.3 Å². The van der Waals surface area contributed by atoms with Crippen molar-refractivity contribution in [3.63, 3.8) is 0 Å². The monoisotopic (exact) mass is 420 g/mol. The molecule has 0 atom stereocenters. The van der Waals surface area contributed by atoms with Gasteiger partial charge < -0.3 is 10.1 Å². The fourth-order valence-electron chi connectivity index (χ4n) is 2.15. The van der Waals surface area contributed by atoms with Crippen LogP contribution in [0.4, 0.5) is 23.2 Å². The number of sulfonamides is 1. The molecule has 11 heteroatoms. The summed E-state index contributed by atoms with van der Waals surface area (Å²) in [5.41, 5.74) is -1.69. The van der Waals surface area contributed by atoms with Gasteiger partial charge in [0.1, 0.15) is 11.6 Å². The van der Waals surface area contributed by atoms with Gasteiger partial charge in [0.2, 0.25) is 0 Å². The molecule has 152 valence electrons. The Morgan fingerprint density at radius 2 is 1.86 bits per heavy atom. The van der Waals surface area contributed by atoms with Crippen molar-refractivity contribution in [3.05, 3.63) is 53.8 Å². The summed E-state index contributed by atoms with van der Waals surface area (Å²) in [5, 5.41) is 2.51. The smallest absolute Gasteiger partial charge is 0.419 e. The van der Waals surface area contributed by atoms with Gasteiger partial charge in [-0.1, -0.05) is 6.07 Å². The first-order valence-electron chi connectivity index (χ1n) is 7.92. The van der Waals surface area contributed by atoms with Crippen LogP contribution in [-0.4, -0.2) is 27.5 Å². The standard InChI is InChI=1S/C17H16F4N2O4S/c1-2-22-16(24)10-27-12-5-3-4-11(8-12)23-28(25,26)13-6-7-15(18)14(9-13)17(19,20)21/h3-9,23H,2,10H2,1H3,(H,22,24). The summed E-state index contributed by atoms with van der Waals surface area (Å²) in [6, 6.07) is 6.86. The number of carbonyl (C=O) groups is 1. The largest absolute Gasteiger partial charge is 0.484 e. The topological polar surface area (TPSA) is 84.5 Å². The number of benzene rings is 2. The van der Waals surface area contributed by atoms with E-state index in [0.717, 1.165) is 6.07 Å². The van der Waals surface area contributed by atoms with Crippen LogP contribution in [0.2, 0.25) is 0 Å². The number of hydrogen-bond donors (Lipinski definition) is 2. The first kappa shape index (κ1) is 21.5. The van der Waals surface area contributed by atoms with Crippen LogP contribution >= 0.6 is 0 Å². The third-order valence-corrected chi connectivity index (χ3v) is 4.76. The average molecular weight is 420 g/mol. The van der Waals surface area contributed by atoms with Gasteiger partial charge >= 0.3 is 6.18 Å². The highest BCUT2D eigenvalue weighted by molar-refractivity contribution is 7.92. The average Bonchev–Trinajstić information content (AvgIpc) is 2.59. The number of rotatable bonds is 7. The molecule has 0 heterocycles. The number of carbonyl (C=O) groups excluding carboxylic acids is 1. The molecule has 0 spiro atoms. The maximum Gasteiger partial charge on any atom is 0.419 e. The number of hydrogen-bond acceptors (Lipinski definition) is 4. The van der Waals surface area contributed by atoms with Crippen molar-refractivity contribution in [3.8, 4) is 5.75 Å². The SMILES string of the molecule is CCNC(=O)COc1cccc(NS(=O)(=O)c2ccc(F)c(C(F)(F)F)c2)c1. The normalized spacial score (nSPS) is 11.8. The summed E-state index contributed by atoms with van der Waals surface area (Å²) in [6.07, 6.45) is -5.04. The summed E-state index contributed by atoms with van der Waals surface area (Å²) in [4.78, 5) is 10.6. The van der Waals surface area contributed by atoms with Crippen LogP contribution < -0.4 is 14.8 Å². The Bertz CT molecular complexity index is 962. The maximum atomic E-state index is 13.4. The van der Waals surface area contributed by atoms with Gasteiger partial charge in [-0.15, -0.1) is 0 Å². The van der Waals surface area contributed by atoms with Crippen molar-refractivity contribution in [2.24, 2.45) is 0 Å². The minimum absolute atomic E-state index is 0.00807. The lowest BCUT2D eigenvalue weighted by atomic mass is 10.2. The molecule has 0 radical (unpaired) electrons. The lowest BCUT2D eigenvalue weighted by molar-refractivity contribution is -0.140. The van der Waals surface area contributed by atoms with E-state index in [2.05, 4.69) is 10.0 Å². The second kappa shape index (κ2) is 8.46. The molecular weight excluding hydrogens is 404 g/mol. The van der Waals surface area contributed by atoms with Gasteiger partial charge in [0, 0.05) is 12.6 Å². The summed E-state index contributed by atoms with van der Waals surface area (Å²) < 4.78 is 83.7. The van der Waals surface area contributed by atoms with Crippen molar-refractivity contribution in [2.75, 3.05) is 17.9 Å². The van der Waals surface area contributed by atoms with Gasteiger partial charge in [-0.3, -0.25) is 9.52 Å². The van der Waals surface area contributed by atoms with E-state index in [4.69, 9.17) is 4.74 Å². The Morgan fingerprint density at radius 3 is 2.50 bits per heavy atom. The summed E-state index contributed by atoms with van der Waals surface area (Å²) in [7, 11) is -4.42. The minimum atomic E-state index is -5.04. The minimum Gasteiger partial charge on any atom is -0.484 e. The predicted octanol–water partition coefficient (Wildman–Crippen LogP) is 3.16. The van der Waals surface area contributed by atoms with Crippen molar-refractivity contribution >= 4 is 21.6 Å². The molecule has 0 aliphatic heterocycles. The number of anilines is 1. The highest BCUT2D eigenvalue weighted by Gasteiger charge is 2.35. The van der Waals surface area contributed by atoms with Crippen LogP contribution in [0.15, 0.2) is 47.4 Å². The molecule has 0 bridgehead atoms. The number of halogens is 4. The summed E-state index contributed by atoms with van der Waals surface area (Å²) in [6.45, 7) is 1.85. The Labute approximate surface area is 158 Å². The third kappa shape index (κ3) is 5.59. The zero-order chi connectivity index (χ0) is 20.9. The number of likely N-dealkylation sites (N-methyl/N-ethyl adjacent to an activating group) is 1. The van der Waals surface area contributed by atoms with E-state index in [9.17, 15) is 30.8 Å². The molecule has 0 unspecified atom stereocenters. The fourth-order valence-corrected chi connectivity index (χ4v) is 3.22. The molecule has 2 rings (SSSR count). The molecule has 0 aromatic heterocycles. The lowest BCUT2D eigenvalue weighted by Crippen LogP contribution is -2.28. The Hall–Kier alpha value is -2.82. The van der Waals surface area contributed by atoms with Crippen LogP contribution in [0.1, 0.15) is 12.5 Å². The zero-order valence-electron chi connectivity index (χ0n) is 14.5. The van der Waals surface area contributed by atoms with Crippen LogP contribution in [0.3, 0.4) is 0 Å². The van der Waals surface area contributed by atoms with Crippen LogP contribution in [0.5, 0.6) is 5.75 Å². The Balaban J connectivity index is 2.21. The predicted molar refractivity (Wildman–Crippen MR) is 92.8 cm³/mol. The van der Waals surface area contributed by atoms with Crippen molar-refractivity contribution in [2.45, 2.75) is 18.0 Å². The van der Waals surface area contributed by atoms with Gasteiger partial charge in [0.25, 0.3) is 15.9 Å². The first-order valence-corrected chi connectivity index (χ1v) is 9.40. The van der Waals surface area contributed by atoms with E-state index in [-0.39, 0.29) is 30.0 Å². The zero-order valence-corrected chi connectivity index (χ0v) is 15.3. The quantitative estimate of drug-likeness (QED) is 0.674. The molecule has 0 aliphatic carbocycles. The highest BCUT2D eigenvalue weighted by atomic mass is 32.2. The van der Waals surface area contributed by atoms with E-state index < -0.39 is 32.5 Å². The van der Waals surface area contributed by atoms with Crippen molar-refractivity contribution < 1.29 is 35.5 Å². The maximum absolute atomic E-state index is 13.4. The Kier molecular flexibility index (Phi) is 6.49. The van der Waals surface area contributed by atoms with E-state index >= 15 is 0 Å².